The van der Waals surface area contributed by atoms with Crippen molar-refractivity contribution >= 4 is 18.3 Å². The van der Waals surface area contributed by atoms with Crippen LogP contribution in [0.5, 0.6) is 0 Å². The molecule has 0 saturated carbocycles. The van der Waals surface area contributed by atoms with E-state index in [2.05, 4.69) is 10.6 Å². The van der Waals surface area contributed by atoms with E-state index >= 15 is 0 Å². The van der Waals surface area contributed by atoms with Crippen LogP contribution in [0.15, 0.2) is 0 Å². The van der Waals surface area contributed by atoms with Crippen LogP contribution in [0, 0.1) is 5.41 Å². The average Bonchev–Trinajstić information content (AvgIpc) is 2.09. The summed E-state index contributed by atoms with van der Waals surface area (Å²) in [6.45, 7) is 0.458. The standard InChI is InChI=1S/C7H14N5O2/c8-6(14)5(12-4-13)2-1-3-11-7(9)10/h5H,1-3H2,(H2,8,14)(H,12,13)(H4,9,10,11)/t5-/m0/s1. The molecule has 0 bridgehead atoms. The molecule has 7 N–H and O–H groups in total. The lowest BCUT2D eigenvalue weighted by Crippen LogP contribution is -2.41. The number of guanidine groups is 1. The zero-order valence-electron chi connectivity index (χ0n) is 7.67. The van der Waals surface area contributed by atoms with Crippen molar-refractivity contribution in [3.8, 4) is 0 Å². The summed E-state index contributed by atoms with van der Waals surface area (Å²) in [5.74, 6) is -0.730. The highest BCUT2D eigenvalue weighted by Crippen LogP contribution is 1.94. The van der Waals surface area contributed by atoms with Crippen LogP contribution < -0.4 is 22.1 Å². The van der Waals surface area contributed by atoms with Crippen molar-refractivity contribution in [2.75, 3.05) is 6.54 Å². The summed E-state index contributed by atoms with van der Waals surface area (Å²) in [5, 5.41) is 11.6. The first-order chi connectivity index (χ1) is 6.57. The van der Waals surface area contributed by atoms with Gasteiger partial charge in [0.15, 0.2) is 5.96 Å². The van der Waals surface area contributed by atoms with Crippen LogP contribution in [-0.2, 0) is 9.59 Å². The number of primary amides is 1. The molecule has 79 valence electrons. The fourth-order valence-electron chi connectivity index (χ4n) is 0.886. The summed E-state index contributed by atoms with van der Waals surface area (Å²) in [6, 6.07) is -0.707. The van der Waals surface area contributed by atoms with E-state index in [-0.39, 0.29) is 5.96 Å². The Labute approximate surface area is 81.7 Å². The molecule has 2 amide bonds. The number of hydrogen-bond acceptors (Lipinski definition) is 3. The van der Waals surface area contributed by atoms with Gasteiger partial charge in [0.2, 0.25) is 5.91 Å². The van der Waals surface area contributed by atoms with Crippen LogP contribution in [0.2, 0.25) is 0 Å². The zero-order chi connectivity index (χ0) is 11.0. The molecule has 0 heterocycles. The second kappa shape index (κ2) is 6.70. The Morgan fingerprint density at radius 1 is 1.50 bits per heavy atom. The van der Waals surface area contributed by atoms with Gasteiger partial charge in [-0.15, -0.1) is 0 Å². The number of rotatable bonds is 7. The first kappa shape index (κ1) is 12.2. The van der Waals surface area contributed by atoms with E-state index in [1.165, 1.54) is 6.41 Å². The molecule has 0 spiro atoms. The molecule has 0 unspecified atom stereocenters. The van der Waals surface area contributed by atoms with Gasteiger partial charge in [0.05, 0.1) is 0 Å². The number of nitrogens with two attached hydrogens (primary N) is 2. The van der Waals surface area contributed by atoms with Crippen molar-refractivity contribution in [2.24, 2.45) is 11.5 Å². The van der Waals surface area contributed by atoms with E-state index in [4.69, 9.17) is 16.9 Å². The summed E-state index contributed by atoms with van der Waals surface area (Å²) in [5.41, 5.74) is 10.0. The highest BCUT2D eigenvalue weighted by molar-refractivity contribution is 5.81. The maximum Gasteiger partial charge on any atom is 0.309 e. The van der Waals surface area contributed by atoms with Gasteiger partial charge in [-0.3, -0.25) is 15.0 Å². The number of nitrogens with one attached hydrogen (secondary N) is 3. The van der Waals surface area contributed by atoms with Gasteiger partial charge in [0, 0.05) is 6.54 Å². The maximum absolute atomic E-state index is 10.7. The van der Waals surface area contributed by atoms with Crippen molar-refractivity contribution in [3.63, 3.8) is 0 Å². The van der Waals surface area contributed by atoms with Crippen molar-refractivity contribution in [2.45, 2.75) is 18.9 Å². The van der Waals surface area contributed by atoms with Crippen molar-refractivity contribution in [1.82, 2.24) is 10.6 Å². The van der Waals surface area contributed by atoms with Gasteiger partial charge in [-0.05, 0) is 12.8 Å². The molecular formula is C7H14N5O2. The molecule has 0 saturated heterocycles. The molecule has 1 radical (unpaired) electrons. The molecule has 0 aliphatic heterocycles. The number of amides is 2. The third-order valence-electron chi connectivity index (χ3n) is 1.56. The van der Waals surface area contributed by atoms with Gasteiger partial charge in [-0.2, -0.15) is 0 Å². The highest BCUT2D eigenvalue weighted by atomic mass is 16.2. The predicted octanol–water partition coefficient (Wildman–Crippen LogP) is -2.24. The predicted molar refractivity (Wildman–Crippen MR) is 51.0 cm³/mol. The fraction of sp³-hybridized carbons (Fsp3) is 0.571. The average molecular weight is 200 g/mol. The quantitative estimate of drug-likeness (QED) is 0.137. The molecule has 0 aliphatic carbocycles. The molecule has 7 heteroatoms. The van der Waals surface area contributed by atoms with Crippen LogP contribution in [0.1, 0.15) is 12.8 Å². The Hall–Kier alpha value is -1.79. The molecule has 0 aromatic heterocycles. The van der Waals surface area contributed by atoms with Crippen LogP contribution in [0.3, 0.4) is 0 Å². The van der Waals surface area contributed by atoms with E-state index in [9.17, 15) is 9.59 Å². The summed E-state index contributed by atoms with van der Waals surface area (Å²) in [4.78, 5) is 20.7. The SMILES string of the molecule is N=C(N)NCCC[C@H](N[C]=O)C(N)=O. The largest absolute Gasteiger partial charge is 0.370 e. The molecule has 0 fully saturated rings. The van der Waals surface area contributed by atoms with Crippen molar-refractivity contribution in [3.05, 3.63) is 0 Å². The Bertz CT molecular complexity index is 218. The minimum atomic E-state index is -0.707. The van der Waals surface area contributed by atoms with Gasteiger partial charge in [0.25, 0.3) is 0 Å². The number of carbonyl (C=O) groups excluding carboxylic acids is 2. The summed E-state index contributed by atoms with van der Waals surface area (Å²) >= 11 is 0. The summed E-state index contributed by atoms with van der Waals surface area (Å²) in [7, 11) is 0. The lowest BCUT2D eigenvalue weighted by atomic mass is 10.1. The van der Waals surface area contributed by atoms with E-state index < -0.39 is 11.9 Å². The minimum absolute atomic E-state index is 0.129. The molecular weight excluding hydrogens is 186 g/mol. The topological polar surface area (TPSA) is 134 Å². The second-order valence-corrected chi connectivity index (χ2v) is 2.68. The number of carbonyl (C=O) groups is 1. The Morgan fingerprint density at radius 2 is 2.14 bits per heavy atom. The second-order valence-electron chi connectivity index (χ2n) is 2.68. The first-order valence-corrected chi connectivity index (χ1v) is 4.07. The van der Waals surface area contributed by atoms with Crippen LogP contribution in [0.4, 0.5) is 0 Å². The van der Waals surface area contributed by atoms with Crippen molar-refractivity contribution in [1.29, 1.82) is 5.41 Å². The Balaban J connectivity index is 3.66. The maximum atomic E-state index is 10.7. The molecule has 1 atom stereocenters. The first-order valence-electron chi connectivity index (χ1n) is 4.07. The number of hydrogen-bond donors (Lipinski definition) is 5. The van der Waals surface area contributed by atoms with Gasteiger partial charge in [0.1, 0.15) is 6.04 Å². The van der Waals surface area contributed by atoms with Crippen LogP contribution in [-0.4, -0.2) is 30.9 Å². The lowest BCUT2D eigenvalue weighted by Gasteiger charge is -2.11. The molecule has 0 aromatic carbocycles. The van der Waals surface area contributed by atoms with Crippen LogP contribution >= 0.6 is 0 Å². The van der Waals surface area contributed by atoms with Crippen molar-refractivity contribution < 1.29 is 9.59 Å². The van der Waals surface area contributed by atoms with Crippen LogP contribution in [0.25, 0.3) is 0 Å². The van der Waals surface area contributed by atoms with E-state index in [1.54, 1.807) is 0 Å². The zero-order valence-corrected chi connectivity index (χ0v) is 7.67. The smallest absolute Gasteiger partial charge is 0.309 e. The van der Waals surface area contributed by atoms with Gasteiger partial charge in [-0.1, -0.05) is 0 Å². The van der Waals surface area contributed by atoms with Gasteiger partial charge >= 0.3 is 6.41 Å². The molecule has 14 heavy (non-hydrogen) atoms. The summed E-state index contributed by atoms with van der Waals surface area (Å²) < 4.78 is 0. The van der Waals surface area contributed by atoms with Gasteiger partial charge in [-0.25, -0.2) is 0 Å². The third-order valence-corrected chi connectivity index (χ3v) is 1.56. The Kier molecular flexibility index (Phi) is 5.84. The highest BCUT2D eigenvalue weighted by Gasteiger charge is 2.13. The fourth-order valence-corrected chi connectivity index (χ4v) is 0.886. The molecule has 7 nitrogen and oxygen atoms in total. The minimum Gasteiger partial charge on any atom is -0.370 e. The molecule has 0 aliphatic rings. The Morgan fingerprint density at radius 3 is 2.57 bits per heavy atom. The van der Waals surface area contributed by atoms with E-state index in [0.29, 0.717) is 19.4 Å². The van der Waals surface area contributed by atoms with E-state index in [0.717, 1.165) is 0 Å². The lowest BCUT2D eigenvalue weighted by molar-refractivity contribution is -0.119. The third kappa shape index (κ3) is 5.81. The molecule has 0 rings (SSSR count). The monoisotopic (exact) mass is 200 g/mol. The van der Waals surface area contributed by atoms with E-state index in [1.807, 2.05) is 0 Å². The molecule has 0 aromatic rings. The summed E-state index contributed by atoms with van der Waals surface area (Å²) in [6.07, 6.45) is 2.38. The van der Waals surface area contributed by atoms with Gasteiger partial charge < -0.3 is 22.1 Å². The normalized spacial score (nSPS) is 11.4.